The number of rotatable bonds is 8. The Morgan fingerprint density at radius 1 is 0.871 bits per heavy atom. The molecule has 158 valence electrons. The quantitative estimate of drug-likeness (QED) is 0.510. The third-order valence-corrected chi connectivity index (χ3v) is 4.22. The highest BCUT2D eigenvalue weighted by molar-refractivity contribution is 6.05. The monoisotopic (exact) mass is 422 g/mol. The van der Waals surface area contributed by atoms with Crippen LogP contribution in [0.5, 0.6) is 0 Å². The molecule has 0 fully saturated rings. The Hall–Kier alpha value is -4.20. The summed E-state index contributed by atoms with van der Waals surface area (Å²) in [5.74, 6) is -3.49. The van der Waals surface area contributed by atoms with Gasteiger partial charge < -0.3 is 19.3 Å². The topological polar surface area (TPSA) is 116 Å². The minimum Gasteiger partial charge on any atom is -0.479 e. The number of carboxylic acid groups (broad SMARTS) is 1. The van der Waals surface area contributed by atoms with Gasteiger partial charge in [-0.15, -0.1) is 0 Å². The second kappa shape index (κ2) is 10.0. The highest BCUT2D eigenvalue weighted by Crippen LogP contribution is 2.23. The Bertz CT molecular complexity index is 1020. The van der Waals surface area contributed by atoms with Crippen LogP contribution in [-0.2, 0) is 23.8 Å². The molecule has 0 bridgehead atoms. The van der Waals surface area contributed by atoms with Gasteiger partial charge in [-0.2, -0.15) is 0 Å². The molecule has 2 aromatic carbocycles. The van der Waals surface area contributed by atoms with Gasteiger partial charge in [0.1, 0.15) is 6.61 Å². The fourth-order valence-corrected chi connectivity index (χ4v) is 2.72. The number of hydrogen-bond acceptors (Lipinski definition) is 7. The van der Waals surface area contributed by atoms with E-state index in [1.54, 1.807) is 60.7 Å². The lowest BCUT2D eigenvalue weighted by molar-refractivity contribution is -0.131. The molecular formula is C23H18O8. The molecule has 31 heavy (non-hydrogen) atoms. The van der Waals surface area contributed by atoms with E-state index in [2.05, 4.69) is 0 Å². The maximum Gasteiger partial charge on any atom is 0.338 e. The predicted molar refractivity (Wildman–Crippen MR) is 107 cm³/mol. The van der Waals surface area contributed by atoms with Gasteiger partial charge in [-0.1, -0.05) is 36.4 Å². The van der Waals surface area contributed by atoms with Crippen LogP contribution >= 0.6 is 0 Å². The van der Waals surface area contributed by atoms with Gasteiger partial charge in [0.05, 0.1) is 11.1 Å². The molecule has 0 unspecified atom stereocenters. The van der Waals surface area contributed by atoms with Crippen molar-refractivity contribution >= 4 is 23.7 Å². The van der Waals surface area contributed by atoms with Gasteiger partial charge in [0.25, 0.3) is 0 Å². The summed E-state index contributed by atoms with van der Waals surface area (Å²) in [6, 6.07) is 16.5. The lowest BCUT2D eigenvalue weighted by Crippen LogP contribution is -2.32. The largest absolute Gasteiger partial charge is 0.479 e. The number of carboxylic acids is 1. The first kappa shape index (κ1) is 21.5. The minimum atomic E-state index is -1.30. The smallest absolute Gasteiger partial charge is 0.338 e. The maximum atomic E-state index is 12.4. The van der Waals surface area contributed by atoms with Crippen molar-refractivity contribution in [2.75, 3.05) is 6.61 Å². The molecule has 1 aliphatic rings. The standard InChI is InChI=1S/C23H18O8/c24-17(11-12-21(25)26)18-13-19(31-23(28)16-9-5-2-6-10-16)20(30-18)14-29-22(27)15-7-3-1-4-8-15/h1-13,19-20H,14H2,(H,25,26)/b12-11+/t19-,20+/m0/s1. The Balaban J connectivity index is 1.72. The molecule has 1 aliphatic heterocycles. The van der Waals surface area contributed by atoms with Gasteiger partial charge in [-0.05, 0) is 30.3 Å². The van der Waals surface area contributed by atoms with Gasteiger partial charge in [0, 0.05) is 12.2 Å². The van der Waals surface area contributed by atoms with E-state index < -0.39 is 35.9 Å². The number of hydrogen-bond donors (Lipinski definition) is 1. The van der Waals surface area contributed by atoms with Crippen LogP contribution in [0.15, 0.2) is 84.7 Å². The summed E-state index contributed by atoms with van der Waals surface area (Å²) in [6.45, 7) is -0.295. The summed E-state index contributed by atoms with van der Waals surface area (Å²) < 4.78 is 16.2. The van der Waals surface area contributed by atoms with Crippen molar-refractivity contribution in [1.29, 1.82) is 0 Å². The lowest BCUT2D eigenvalue weighted by atomic mass is 10.2. The van der Waals surface area contributed by atoms with E-state index in [4.69, 9.17) is 19.3 Å². The molecule has 8 heteroatoms. The molecule has 0 saturated heterocycles. The zero-order valence-corrected chi connectivity index (χ0v) is 16.2. The number of ether oxygens (including phenoxy) is 3. The third-order valence-electron chi connectivity index (χ3n) is 4.22. The first-order chi connectivity index (χ1) is 14.9. The van der Waals surface area contributed by atoms with Crippen LogP contribution in [0.1, 0.15) is 20.7 Å². The molecule has 1 N–H and O–H groups in total. The van der Waals surface area contributed by atoms with Crippen molar-refractivity contribution in [1.82, 2.24) is 0 Å². The Morgan fingerprint density at radius 2 is 1.45 bits per heavy atom. The molecule has 0 aliphatic carbocycles. The number of benzene rings is 2. The Kier molecular flexibility index (Phi) is 6.95. The summed E-state index contributed by atoms with van der Waals surface area (Å²) in [6.07, 6.45) is 0.755. The van der Waals surface area contributed by atoms with E-state index in [-0.39, 0.29) is 12.4 Å². The molecule has 2 atom stereocenters. The Labute approximate surface area is 177 Å². The lowest BCUT2D eigenvalue weighted by Gasteiger charge is -2.19. The normalized spacial score (nSPS) is 17.5. The maximum absolute atomic E-state index is 12.4. The second-order valence-corrected chi connectivity index (χ2v) is 6.42. The molecule has 2 aromatic rings. The first-order valence-corrected chi connectivity index (χ1v) is 9.26. The minimum absolute atomic E-state index is 0.205. The van der Waals surface area contributed by atoms with Crippen LogP contribution < -0.4 is 0 Å². The van der Waals surface area contributed by atoms with Gasteiger partial charge in [-0.3, -0.25) is 4.79 Å². The highest BCUT2D eigenvalue weighted by Gasteiger charge is 2.36. The zero-order valence-electron chi connectivity index (χ0n) is 16.2. The summed E-state index contributed by atoms with van der Waals surface area (Å²) in [5, 5.41) is 8.68. The van der Waals surface area contributed by atoms with E-state index in [9.17, 15) is 19.2 Å². The van der Waals surface area contributed by atoms with Crippen molar-refractivity contribution in [3.05, 3.63) is 95.8 Å². The Morgan fingerprint density at radius 3 is 2.03 bits per heavy atom. The molecule has 1 heterocycles. The van der Waals surface area contributed by atoms with E-state index in [1.807, 2.05) is 0 Å². The fraction of sp³-hybridized carbons (Fsp3) is 0.130. The zero-order chi connectivity index (χ0) is 22.2. The summed E-state index contributed by atoms with van der Waals surface area (Å²) >= 11 is 0. The third kappa shape index (κ3) is 5.89. The predicted octanol–water partition coefficient (Wildman–Crippen LogP) is 2.56. The molecule has 0 radical (unpaired) electrons. The van der Waals surface area contributed by atoms with Crippen LogP contribution in [0, 0.1) is 0 Å². The number of carbonyl (C=O) groups is 4. The van der Waals surface area contributed by atoms with Crippen LogP contribution in [-0.4, -0.2) is 47.6 Å². The average molecular weight is 422 g/mol. The van der Waals surface area contributed by atoms with E-state index >= 15 is 0 Å². The molecule has 8 nitrogen and oxygen atoms in total. The van der Waals surface area contributed by atoms with Gasteiger partial charge in [0.15, 0.2) is 18.0 Å². The van der Waals surface area contributed by atoms with Crippen molar-refractivity contribution in [3.8, 4) is 0 Å². The van der Waals surface area contributed by atoms with E-state index in [0.29, 0.717) is 17.2 Å². The molecule has 0 amide bonds. The van der Waals surface area contributed by atoms with Crippen molar-refractivity contribution < 1.29 is 38.5 Å². The van der Waals surface area contributed by atoms with Crippen LogP contribution in [0.3, 0.4) is 0 Å². The summed E-state index contributed by atoms with van der Waals surface area (Å²) in [5.41, 5.74) is 0.619. The summed E-state index contributed by atoms with van der Waals surface area (Å²) in [4.78, 5) is 47.4. The average Bonchev–Trinajstić information content (AvgIpc) is 3.19. The number of ketones is 1. The molecule has 0 aromatic heterocycles. The number of aliphatic carboxylic acids is 1. The van der Waals surface area contributed by atoms with E-state index in [1.165, 1.54) is 6.08 Å². The van der Waals surface area contributed by atoms with Crippen LogP contribution in [0.2, 0.25) is 0 Å². The van der Waals surface area contributed by atoms with Gasteiger partial charge in [-0.25, -0.2) is 14.4 Å². The molecule has 0 saturated carbocycles. The number of esters is 2. The van der Waals surface area contributed by atoms with Crippen molar-refractivity contribution in [3.63, 3.8) is 0 Å². The van der Waals surface area contributed by atoms with Gasteiger partial charge in [0.2, 0.25) is 5.78 Å². The SMILES string of the molecule is O=C(O)/C=C/C(=O)C1=C[C@H](OC(=O)c2ccccc2)[C@@H](COC(=O)c2ccccc2)O1. The first-order valence-electron chi connectivity index (χ1n) is 9.26. The molecular weight excluding hydrogens is 404 g/mol. The van der Waals surface area contributed by atoms with E-state index in [0.717, 1.165) is 6.08 Å². The van der Waals surface area contributed by atoms with Gasteiger partial charge >= 0.3 is 17.9 Å². The number of allylic oxidation sites excluding steroid dienone is 1. The number of carbonyl (C=O) groups excluding carboxylic acids is 3. The molecule has 3 rings (SSSR count). The highest BCUT2D eigenvalue weighted by atomic mass is 16.6. The van der Waals surface area contributed by atoms with Crippen molar-refractivity contribution in [2.24, 2.45) is 0 Å². The van der Waals surface area contributed by atoms with Crippen LogP contribution in [0.4, 0.5) is 0 Å². The summed E-state index contributed by atoms with van der Waals surface area (Å²) in [7, 11) is 0. The fourth-order valence-electron chi connectivity index (χ4n) is 2.72. The second-order valence-electron chi connectivity index (χ2n) is 6.42. The van der Waals surface area contributed by atoms with Crippen LogP contribution in [0.25, 0.3) is 0 Å². The molecule has 0 spiro atoms. The van der Waals surface area contributed by atoms with Crippen molar-refractivity contribution in [2.45, 2.75) is 12.2 Å².